The van der Waals surface area contributed by atoms with Crippen molar-refractivity contribution >= 4 is 11.7 Å². The molecule has 18 heavy (non-hydrogen) atoms. The first kappa shape index (κ1) is 12.1. The van der Waals surface area contributed by atoms with Crippen molar-refractivity contribution in [2.75, 3.05) is 5.32 Å². The van der Waals surface area contributed by atoms with Gasteiger partial charge in [-0.25, -0.2) is 0 Å². The van der Waals surface area contributed by atoms with Gasteiger partial charge in [0.2, 0.25) is 5.91 Å². The van der Waals surface area contributed by atoms with Crippen molar-refractivity contribution in [3.8, 4) is 0 Å². The van der Waals surface area contributed by atoms with E-state index in [1.165, 1.54) is 10.6 Å². The Morgan fingerprint density at radius 3 is 3.00 bits per heavy atom. The Morgan fingerprint density at radius 2 is 2.33 bits per heavy atom. The molecule has 0 aliphatic carbocycles. The van der Waals surface area contributed by atoms with Crippen molar-refractivity contribution in [1.29, 1.82) is 0 Å². The number of nitrogens with one attached hydrogen (secondary N) is 2. The van der Waals surface area contributed by atoms with Crippen LogP contribution in [-0.2, 0) is 11.3 Å². The lowest BCUT2D eigenvalue weighted by molar-refractivity contribution is -0.116. The van der Waals surface area contributed by atoms with Crippen LogP contribution in [0, 0.1) is 6.92 Å². The van der Waals surface area contributed by atoms with Crippen LogP contribution in [0.1, 0.15) is 12.0 Å². The molecule has 2 heterocycles. The number of aromatic nitrogens is 3. The Kier molecular flexibility index (Phi) is 3.57. The van der Waals surface area contributed by atoms with Gasteiger partial charge in [-0.15, -0.1) is 0 Å². The first-order valence-electron chi connectivity index (χ1n) is 5.62. The third-order valence-electron chi connectivity index (χ3n) is 2.57. The molecule has 0 saturated heterocycles. The number of hydrogen-bond donors (Lipinski definition) is 2. The van der Waals surface area contributed by atoms with E-state index in [1.807, 2.05) is 6.92 Å². The molecular formula is C12H14N4O2. The number of aromatic amines is 1. The van der Waals surface area contributed by atoms with Crippen molar-refractivity contribution in [1.82, 2.24) is 14.8 Å². The van der Waals surface area contributed by atoms with Crippen LogP contribution in [0.5, 0.6) is 0 Å². The van der Waals surface area contributed by atoms with Gasteiger partial charge in [-0.3, -0.25) is 14.7 Å². The number of aryl methyl sites for hydroxylation is 2. The maximum absolute atomic E-state index is 11.7. The molecule has 0 aliphatic heterocycles. The van der Waals surface area contributed by atoms with Crippen LogP contribution in [0.15, 0.2) is 35.4 Å². The number of amides is 1. The fourth-order valence-corrected chi connectivity index (χ4v) is 1.54. The Balaban J connectivity index is 1.92. The van der Waals surface area contributed by atoms with E-state index in [0.717, 1.165) is 5.56 Å². The molecule has 0 radical (unpaired) electrons. The first-order chi connectivity index (χ1) is 8.66. The summed E-state index contributed by atoms with van der Waals surface area (Å²) >= 11 is 0. The lowest BCUT2D eigenvalue weighted by Crippen LogP contribution is -2.22. The van der Waals surface area contributed by atoms with Crippen LogP contribution in [0.25, 0.3) is 0 Å². The summed E-state index contributed by atoms with van der Waals surface area (Å²) < 4.78 is 1.50. The number of hydrogen-bond acceptors (Lipinski definition) is 3. The summed E-state index contributed by atoms with van der Waals surface area (Å²) in [6.45, 7) is 2.21. The molecule has 0 saturated carbocycles. The Hall–Kier alpha value is -2.37. The summed E-state index contributed by atoms with van der Waals surface area (Å²) in [4.78, 5) is 23.1. The van der Waals surface area contributed by atoms with Crippen molar-refractivity contribution < 1.29 is 4.79 Å². The highest BCUT2D eigenvalue weighted by atomic mass is 16.2. The third kappa shape index (κ3) is 2.85. The highest BCUT2D eigenvalue weighted by Gasteiger charge is 2.06. The van der Waals surface area contributed by atoms with E-state index < -0.39 is 0 Å². The normalized spacial score (nSPS) is 10.3. The van der Waals surface area contributed by atoms with E-state index in [4.69, 9.17) is 0 Å². The number of pyridine rings is 1. The second-order valence-electron chi connectivity index (χ2n) is 3.96. The molecule has 0 aliphatic rings. The highest BCUT2D eigenvalue weighted by Crippen LogP contribution is 2.08. The molecule has 2 N–H and O–H groups in total. The van der Waals surface area contributed by atoms with Crippen molar-refractivity contribution in [2.24, 2.45) is 0 Å². The Morgan fingerprint density at radius 1 is 1.50 bits per heavy atom. The maximum Gasteiger partial charge on any atom is 0.250 e. The number of H-pyrrole nitrogens is 1. The summed E-state index contributed by atoms with van der Waals surface area (Å²) in [5.74, 6) is 0.443. The van der Waals surface area contributed by atoms with Crippen LogP contribution in [-0.4, -0.2) is 20.7 Å². The van der Waals surface area contributed by atoms with Gasteiger partial charge >= 0.3 is 0 Å². The van der Waals surface area contributed by atoms with Gasteiger partial charge in [0.05, 0.1) is 6.20 Å². The summed E-state index contributed by atoms with van der Waals surface area (Å²) in [5.41, 5.74) is 0.767. The predicted molar refractivity (Wildman–Crippen MR) is 67.3 cm³/mol. The summed E-state index contributed by atoms with van der Waals surface area (Å²) in [6, 6.07) is 4.90. The van der Waals surface area contributed by atoms with Gasteiger partial charge < -0.3 is 9.88 Å². The van der Waals surface area contributed by atoms with Crippen LogP contribution in [0.2, 0.25) is 0 Å². The molecule has 2 aromatic heterocycles. The average Bonchev–Trinajstić information content (AvgIpc) is 2.74. The molecule has 1 amide bonds. The molecule has 0 atom stereocenters. The molecule has 0 bridgehead atoms. The number of rotatable bonds is 4. The van der Waals surface area contributed by atoms with Crippen molar-refractivity contribution in [2.45, 2.75) is 19.9 Å². The van der Waals surface area contributed by atoms with Gasteiger partial charge in [-0.2, -0.15) is 5.10 Å². The van der Waals surface area contributed by atoms with Crippen molar-refractivity contribution in [3.63, 3.8) is 0 Å². The van der Waals surface area contributed by atoms with Gasteiger partial charge in [0.25, 0.3) is 5.56 Å². The van der Waals surface area contributed by atoms with E-state index in [1.54, 1.807) is 24.5 Å². The minimum absolute atomic E-state index is 0.108. The predicted octanol–water partition coefficient (Wildman–Crippen LogP) is 0.909. The van der Waals surface area contributed by atoms with Crippen molar-refractivity contribution in [3.05, 3.63) is 46.5 Å². The van der Waals surface area contributed by atoms with Crippen LogP contribution >= 0.6 is 0 Å². The van der Waals surface area contributed by atoms with E-state index >= 15 is 0 Å². The SMILES string of the molecule is Cc1cn[nH]c1NC(=O)CCn1ccccc1=O. The van der Waals surface area contributed by atoms with Gasteiger partial charge in [-0.05, 0) is 13.0 Å². The quantitative estimate of drug-likeness (QED) is 0.841. The molecule has 2 aromatic rings. The summed E-state index contributed by atoms with van der Waals surface area (Å²) in [7, 11) is 0. The molecule has 2 rings (SSSR count). The van der Waals surface area contributed by atoms with E-state index in [0.29, 0.717) is 12.4 Å². The Bertz CT molecular complexity index is 600. The largest absolute Gasteiger partial charge is 0.315 e. The first-order valence-corrected chi connectivity index (χ1v) is 5.62. The van der Waals surface area contributed by atoms with Gasteiger partial charge in [0.15, 0.2) is 0 Å². The molecule has 0 aromatic carbocycles. The lowest BCUT2D eigenvalue weighted by atomic mass is 10.3. The second kappa shape index (κ2) is 5.31. The molecule has 94 valence electrons. The van der Waals surface area contributed by atoms with Crippen LogP contribution in [0.3, 0.4) is 0 Å². The molecule has 0 fully saturated rings. The topological polar surface area (TPSA) is 79.8 Å². The molecule has 0 unspecified atom stereocenters. The number of nitrogens with zero attached hydrogens (tertiary/aromatic N) is 2. The molecule has 0 spiro atoms. The monoisotopic (exact) mass is 246 g/mol. The number of anilines is 1. The van der Waals surface area contributed by atoms with Gasteiger partial charge in [0, 0.05) is 30.8 Å². The lowest BCUT2D eigenvalue weighted by Gasteiger charge is -2.05. The molecular weight excluding hydrogens is 232 g/mol. The van der Waals surface area contributed by atoms with E-state index in [-0.39, 0.29) is 17.9 Å². The highest BCUT2D eigenvalue weighted by molar-refractivity contribution is 5.90. The zero-order valence-electron chi connectivity index (χ0n) is 10.0. The summed E-state index contributed by atoms with van der Waals surface area (Å²) in [6.07, 6.45) is 3.54. The summed E-state index contributed by atoms with van der Waals surface area (Å²) in [5, 5.41) is 9.22. The number of carbonyl (C=O) groups excluding carboxylic acids is 1. The maximum atomic E-state index is 11.7. The standard InChI is InChI=1S/C12H14N4O2/c1-9-8-13-15-12(9)14-10(17)5-7-16-6-3-2-4-11(16)18/h2-4,6,8H,5,7H2,1H3,(H2,13,14,15,17). The Labute approximate surface area is 104 Å². The van der Waals surface area contributed by atoms with Crippen LogP contribution in [0.4, 0.5) is 5.82 Å². The smallest absolute Gasteiger partial charge is 0.250 e. The zero-order valence-corrected chi connectivity index (χ0v) is 10.0. The minimum Gasteiger partial charge on any atom is -0.315 e. The molecule has 6 nitrogen and oxygen atoms in total. The minimum atomic E-state index is -0.155. The molecule has 6 heteroatoms. The van der Waals surface area contributed by atoms with Gasteiger partial charge in [-0.1, -0.05) is 6.07 Å². The fourth-order valence-electron chi connectivity index (χ4n) is 1.54. The van der Waals surface area contributed by atoms with E-state index in [9.17, 15) is 9.59 Å². The van der Waals surface area contributed by atoms with E-state index in [2.05, 4.69) is 15.5 Å². The number of carbonyl (C=O) groups is 1. The second-order valence-corrected chi connectivity index (χ2v) is 3.96. The fraction of sp³-hybridized carbons (Fsp3) is 0.250. The van der Waals surface area contributed by atoms with Crippen LogP contribution < -0.4 is 10.9 Å². The third-order valence-corrected chi connectivity index (χ3v) is 2.57. The van der Waals surface area contributed by atoms with Gasteiger partial charge in [0.1, 0.15) is 5.82 Å². The zero-order chi connectivity index (χ0) is 13.0. The average molecular weight is 246 g/mol.